The van der Waals surface area contributed by atoms with E-state index in [1.54, 1.807) is 32.0 Å². The third-order valence-corrected chi connectivity index (χ3v) is 3.75. The Balaban J connectivity index is 2.04. The number of carbonyl (C=O) groups excluding carboxylic acids is 1. The first-order valence-electron chi connectivity index (χ1n) is 6.94. The summed E-state index contributed by atoms with van der Waals surface area (Å²) in [6.45, 7) is 5.83. The van der Waals surface area contributed by atoms with E-state index in [4.69, 9.17) is 0 Å². The topological polar surface area (TPSA) is 41.1 Å². The highest BCUT2D eigenvalue weighted by atomic mass is 19.1. The predicted molar refractivity (Wildman–Crippen MR) is 78.0 cm³/mol. The number of halogens is 1. The van der Waals surface area contributed by atoms with E-state index in [1.807, 2.05) is 0 Å². The summed E-state index contributed by atoms with van der Waals surface area (Å²) in [4.78, 5) is 12.3. The monoisotopic (exact) mass is 276 g/mol. The van der Waals surface area contributed by atoms with Crippen molar-refractivity contribution < 1.29 is 9.18 Å². The van der Waals surface area contributed by atoms with E-state index in [2.05, 4.69) is 16.7 Å². The molecular weight excluding hydrogens is 255 g/mol. The molecular formula is C16H21FN2O. The molecule has 1 aromatic carbocycles. The van der Waals surface area contributed by atoms with Crippen molar-refractivity contribution in [1.82, 2.24) is 10.6 Å². The van der Waals surface area contributed by atoms with Gasteiger partial charge in [0.25, 0.3) is 0 Å². The molecule has 1 heterocycles. The second kappa shape index (κ2) is 6.18. The van der Waals surface area contributed by atoms with E-state index in [9.17, 15) is 9.18 Å². The van der Waals surface area contributed by atoms with Gasteiger partial charge in [0.1, 0.15) is 5.82 Å². The number of carbonyl (C=O) groups is 1. The molecule has 0 fully saturated rings. The largest absolute Gasteiger partial charge is 0.352 e. The molecule has 0 spiro atoms. The number of hydrogen-bond acceptors (Lipinski definition) is 2. The quantitative estimate of drug-likeness (QED) is 0.827. The Bertz CT molecular complexity index is 523. The van der Waals surface area contributed by atoms with Crippen molar-refractivity contribution in [2.24, 2.45) is 0 Å². The fourth-order valence-electron chi connectivity index (χ4n) is 2.34. The van der Waals surface area contributed by atoms with Gasteiger partial charge in [-0.1, -0.05) is 29.8 Å². The average molecular weight is 276 g/mol. The molecule has 2 N–H and O–H groups in total. The molecule has 0 atom stereocenters. The van der Waals surface area contributed by atoms with Crippen LogP contribution in [0.25, 0.3) is 0 Å². The molecule has 0 aromatic heterocycles. The maximum absolute atomic E-state index is 13.8. The Hall–Kier alpha value is -1.68. The zero-order valence-corrected chi connectivity index (χ0v) is 12.0. The minimum atomic E-state index is -0.876. The first-order valence-corrected chi connectivity index (χ1v) is 6.94. The normalized spacial score (nSPS) is 15.7. The molecule has 108 valence electrons. The molecule has 20 heavy (non-hydrogen) atoms. The molecule has 0 radical (unpaired) electrons. The highest BCUT2D eigenvalue weighted by Crippen LogP contribution is 2.25. The Morgan fingerprint density at radius 1 is 1.40 bits per heavy atom. The van der Waals surface area contributed by atoms with Crippen molar-refractivity contribution in [2.75, 3.05) is 19.6 Å². The van der Waals surface area contributed by atoms with E-state index in [0.717, 1.165) is 19.5 Å². The molecule has 0 unspecified atom stereocenters. The lowest BCUT2D eigenvalue weighted by molar-refractivity contribution is -0.125. The smallest absolute Gasteiger partial charge is 0.230 e. The molecule has 1 aliphatic rings. The maximum Gasteiger partial charge on any atom is 0.230 e. The Kier molecular flexibility index (Phi) is 4.55. The van der Waals surface area contributed by atoms with Crippen molar-refractivity contribution in [3.05, 3.63) is 47.3 Å². The van der Waals surface area contributed by atoms with Crippen LogP contribution in [-0.4, -0.2) is 25.5 Å². The standard InChI is InChI=1S/C16H21FN2O/c1-16(2,13-5-3-4-6-14(13)17)15(20)19-11-12-7-9-18-10-8-12/h3-7,18H,8-11H2,1-2H3,(H,19,20). The van der Waals surface area contributed by atoms with Crippen LogP contribution in [0.15, 0.2) is 35.9 Å². The molecule has 2 rings (SSSR count). The van der Waals surface area contributed by atoms with Gasteiger partial charge < -0.3 is 10.6 Å². The summed E-state index contributed by atoms with van der Waals surface area (Å²) in [5.74, 6) is -0.490. The van der Waals surface area contributed by atoms with E-state index >= 15 is 0 Å². The van der Waals surface area contributed by atoms with Gasteiger partial charge in [-0.05, 0) is 32.9 Å². The summed E-state index contributed by atoms with van der Waals surface area (Å²) in [5.41, 5.74) is 0.775. The number of amides is 1. The van der Waals surface area contributed by atoms with Crippen LogP contribution >= 0.6 is 0 Å². The van der Waals surface area contributed by atoms with Crippen LogP contribution in [0.1, 0.15) is 25.8 Å². The molecule has 1 amide bonds. The molecule has 1 aliphatic heterocycles. The summed E-state index contributed by atoms with van der Waals surface area (Å²) in [6, 6.07) is 6.44. The van der Waals surface area contributed by atoms with Gasteiger partial charge in [0.15, 0.2) is 0 Å². The second-order valence-corrected chi connectivity index (χ2v) is 5.60. The molecule has 1 aromatic rings. The third-order valence-electron chi connectivity index (χ3n) is 3.75. The summed E-state index contributed by atoms with van der Waals surface area (Å²) in [7, 11) is 0. The van der Waals surface area contributed by atoms with Crippen LogP contribution in [-0.2, 0) is 10.2 Å². The fourth-order valence-corrected chi connectivity index (χ4v) is 2.34. The number of rotatable bonds is 4. The van der Waals surface area contributed by atoms with Gasteiger partial charge in [-0.2, -0.15) is 0 Å². The van der Waals surface area contributed by atoms with Crippen molar-refractivity contribution in [2.45, 2.75) is 25.7 Å². The molecule has 0 aliphatic carbocycles. The first kappa shape index (κ1) is 14.7. The van der Waals surface area contributed by atoms with E-state index < -0.39 is 5.41 Å². The zero-order valence-electron chi connectivity index (χ0n) is 12.0. The summed E-state index contributed by atoms with van der Waals surface area (Å²) in [5, 5.41) is 6.14. The minimum absolute atomic E-state index is 0.151. The second-order valence-electron chi connectivity index (χ2n) is 5.60. The lowest BCUT2D eigenvalue weighted by Gasteiger charge is -2.25. The van der Waals surface area contributed by atoms with E-state index in [1.165, 1.54) is 11.6 Å². The predicted octanol–water partition coefficient (Wildman–Crippen LogP) is 2.14. The van der Waals surface area contributed by atoms with Crippen LogP contribution in [0.2, 0.25) is 0 Å². The lowest BCUT2D eigenvalue weighted by atomic mass is 9.83. The van der Waals surface area contributed by atoms with Crippen molar-refractivity contribution in [3.63, 3.8) is 0 Å². The molecule has 3 nitrogen and oxygen atoms in total. The molecule has 0 saturated carbocycles. The average Bonchev–Trinajstić information content (AvgIpc) is 2.46. The van der Waals surface area contributed by atoms with Crippen LogP contribution in [0, 0.1) is 5.82 Å². The molecule has 0 bridgehead atoms. The number of hydrogen-bond donors (Lipinski definition) is 2. The Morgan fingerprint density at radius 2 is 2.15 bits per heavy atom. The molecule has 4 heteroatoms. The zero-order chi connectivity index (χ0) is 14.6. The maximum atomic E-state index is 13.8. The van der Waals surface area contributed by atoms with E-state index in [0.29, 0.717) is 12.1 Å². The first-order chi connectivity index (χ1) is 9.51. The summed E-state index contributed by atoms with van der Waals surface area (Å²) < 4.78 is 13.8. The fraction of sp³-hybridized carbons (Fsp3) is 0.438. The van der Waals surface area contributed by atoms with Crippen LogP contribution < -0.4 is 10.6 Å². The van der Waals surface area contributed by atoms with Gasteiger partial charge in [-0.25, -0.2) is 4.39 Å². The van der Waals surface area contributed by atoms with Crippen molar-refractivity contribution in [1.29, 1.82) is 0 Å². The van der Waals surface area contributed by atoms with Gasteiger partial charge >= 0.3 is 0 Å². The minimum Gasteiger partial charge on any atom is -0.352 e. The van der Waals surface area contributed by atoms with E-state index in [-0.39, 0.29) is 11.7 Å². The lowest BCUT2D eigenvalue weighted by Crippen LogP contribution is -2.42. The van der Waals surface area contributed by atoms with Gasteiger partial charge in [0.2, 0.25) is 5.91 Å². The third kappa shape index (κ3) is 3.25. The van der Waals surface area contributed by atoms with Crippen LogP contribution in [0.3, 0.4) is 0 Å². The van der Waals surface area contributed by atoms with Crippen molar-refractivity contribution >= 4 is 5.91 Å². The molecule has 0 saturated heterocycles. The number of benzene rings is 1. The SMILES string of the molecule is CC(C)(C(=O)NCC1=CCNCC1)c1ccccc1F. The van der Waals surface area contributed by atoms with Crippen molar-refractivity contribution in [3.8, 4) is 0 Å². The summed E-state index contributed by atoms with van der Waals surface area (Å²) >= 11 is 0. The Labute approximate surface area is 119 Å². The van der Waals surface area contributed by atoms with Gasteiger partial charge in [-0.15, -0.1) is 0 Å². The van der Waals surface area contributed by atoms with Gasteiger partial charge in [0.05, 0.1) is 5.41 Å². The van der Waals surface area contributed by atoms with Crippen LogP contribution in [0.5, 0.6) is 0 Å². The van der Waals surface area contributed by atoms with Crippen LogP contribution in [0.4, 0.5) is 4.39 Å². The van der Waals surface area contributed by atoms with Gasteiger partial charge in [-0.3, -0.25) is 4.79 Å². The highest BCUT2D eigenvalue weighted by molar-refractivity contribution is 5.87. The van der Waals surface area contributed by atoms with Gasteiger partial charge in [0, 0.05) is 18.7 Å². The number of nitrogens with one attached hydrogen (secondary N) is 2. The summed E-state index contributed by atoms with van der Waals surface area (Å²) in [6.07, 6.45) is 3.04. The Morgan fingerprint density at radius 3 is 2.80 bits per heavy atom. The highest BCUT2D eigenvalue weighted by Gasteiger charge is 2.32.